The van der Waals surface area contributed by atoms with Gasteiger partial charge in [-0.1, -0.05) is 61.9 Å². The Morgan fingerprint density at radius 3 is 2.45 bits per heavy atom. The highest BCUT2D eigenvalue weighted by atomic mass is 19.4. The third kappa shape index (κ3) is 8.47. The highest BCUT2D eigenvalue weighted by Gasteiger charge is 2.32. The predicted octanol–water partition coefficient (Wildman–Crippen LogP) is 5.06. The van der Waals surface area contributed by atoms with Crippen LogP contribution in [0, 0.1) is 5.92 Å². The number of alkyl halides is 3. The fourth-order valence-electron chi connectivity index (χ4n) is 5.64. The number of aliphatic hydroxyl groups is 1. The lowest BCUT2D eigenvalue weighted by molar-refractivity contribution is -0.137. The minimum absolute atomic E-state index is 0.0204. The molecule has 4 rings (SSSR count). The van der Waals surface area contributed by atoms with Gasteiger partial charge in [-0.15, -0.1) is 0 Å². The van der Waals surface area contributed by atoms with Gasteiger partial charge in [0.1, 0.15) is 5.69 Å². The molecule has 1 aliphatic rings. The van der Waals surface area contributed by atoms with Crippen LogP contribution in [-0.4, -0.2) is 62.9 Å². The van der Waals surface area contributed by atoms with Crippen molar-refractivity contribution >= 4 is 11.8 Å². The maximum Gasteiger partial charge on any atom is 0.416 e. The number of piperidine rings is 1. The zero-order valence-electron chi connectivity index (χ0n) is 25.5. The molecule has 0 saturated carbocycles. The Morgan fingerprint density at radius 2 is 1.77 bits per heavy atom. The molecule has 2 aromatic carbocycles. The summed E-state index contributed by atoms with van der Waals surface area (Å²) in [7, 11) is 0. The van der Waals surface area contributed by atoms with Crippen molar-refractivity contribution in [2.24, 2.45) is 5.92 Å². The predicted molar refractivity (Wildman–Crippen MR) is 162 cm³/mol. The van der Waals surface area contributed by atoms with Crippen LogP contribution in [0.15, 0.2) is 60.7 Å². The summed E-state index contributed by atoms with van der Waals surface area (Å²) >= 11 is 0. The van der Waals surface area contributed by atoms with E-state index in [0.29, 0.717) is 36.7 Å². The summed E-state index contributed by atoms with van der Waals surface area (Å²) in [5, 5.41) is 21.4. The number of aliphatic hydroxyl groups excluding tert-OH is 1. The standard InChI is InChI=1S/C33H42F3N5O3/c1-4-23-15-14-22(3)40(21-23)32(44)29-18-28(39-41(29)5-2)31(43)38-27(17-24-10-7-6-8-11-24)30(42)20-37-19-25-12-9-13-26(16-25)33(34,35)36/h6-13,16,18,22-23,27,30,37,42H,4-5,14-15,17,19-21H2,1-3H3,(H,38,43)/t22?,23?,27-,30+/m0/s1. The Hall–Kier alpha value is -3.70. The number of hydrogen-bond acceptors (Lipinski definition) is 5. The van der Waals surface area contributed by atoms with Gasteiger partial charge in [-0.2, -0.15) is 18.3 Å². The number of amides is 2. The Morgan fingerprint density at radius 1 is 1.05 bits per heavy atom. The molecule has 3 aromatic rings. The Bertz CT molecular complexity index is 1390. The number of halogens is 3. The van der Waals surface area contributed by atoms with E-state index in [2.05, 4.69) is 22.7 Å². The van der Waals surface area contributed by atoms with Crippen LogP contribution in [0.3, 0.4) is 0 Å². The van der Waals surface area contributed by atoms with E-state index in [1.54, 1.807) is 10.7 Å². The fraction of sp³-hybridized carbons (Fsp3) is 0.485. The molecule has 3 N–H and O–H groups in total. The van der Waals surface area contributed by atoms with Crippen LogP contribution >= 0.6 is 0 Å². The molecule has 0 aliphatic carbocycles. The van der Waals surface area contributed by atoms with Gasteiger partial charge in [-0.25, -0.2) is 0 Å². The molecule has 44 heavy (non-hydrogen) atoms. The van der Waals surface area contributed by atoms with E-state index in [-0.39, 0.29) is 30.7 Å². The summed E-state index contributed by atoms with van der Waals surface area (Å²) < 4.78 is 40.8. The number of hydrogen-bond donors (Lipinski definition) is 3. The van der Waals surface area contributed by atoms with Crippen molar-refractivity contribution in [2.75, 3.05) is 13.1 Å². The second kappa shape index (κ2) is 14.9. The topological polar surface area (TPSA) is 99.5 Å². The molecule has 1 fully saturated rings. The summed E-state index contributed by atoms with van der Waals surface area (Å²) in [6.07, 6.45) is -2.19. The summed E-state index contributed by atoms with van der Waals surface area (Å²) in [5.74, 6) is -0.232. The van der Waals surface area contributed by atoms with E-state index in [1.165, 1.54) is 12.1 Å². The van der Waals surface area contributed by atoms with E-state index in [1.807, 2.05) is 49.1 Å². The van der Waals surface area contributed by atoms with Gasteiger partial charge in [0.15, 0.2) is 5.69 Å². The first-order valence-corrected chi connectivity index (χ1v) is 15.3. The minimum Gasteiger partial charge on any atom is -0.390 e. The molecule has 2 amide bonds. The van der Waals surface area contributed by atoms with Crippen molar-refractivity contribution in [1.82, 2.24) is 25.3 Å². The molecule has 1 saturated heterocycles. The summed E-state index contributed by atoms with van der Waals surface area (Å²) in [4.78, 5) is 28.9. The highest BCUT2D eigenvalue weighted by molar-refractivity contribution is 5.98. The van der Waals surface area contributed by atoms with Crippen molar-refractivity contribution in [3.8, 4) is 0 Å². The lowest BCUT2D eigenvalue weighted by atomic mass is 9.91. The van der Waals surface area contributed by atoms with Crippen LogP contribution < -0.4 is 10.6 Å². The van der Waals surface area contributed by atoms with Gasteiger partial charge in [-0.05, 0) is 56.2 Å². The summed E-state index contributed by atoms with van der Waals surface area (Å²) in [6, 6.07) is 15.2. The number of aryl methyl sites for hydroxylation is 1. The van der Waals surface area contributed by atoms with Crippen molar-refractivity contribution in [3.63, 3.8) is 0 Å². The van der Waals surface area contributed by atoms with Crippen LogP contribution in [0.5, 0.6) is 0 Å². The average molecular weight is 614 g/mol. The quantitative estimate of drug-likeness (QED) is 0.265. The molecule has 4 atom stereocenters. The van der Waals surface area contributed by atoms with Crippen molar-refractivity contribution in [2.45, 2.75) is 83.9 Å². The average Bonchev–Trinajstić information content (AvgIpc) is 3.46. The lowest BCUT2D eigenvalue weighted by Crippen LogP contribution is -2.48. The van der Waals surface area contributed by atoms with E-state index in [9.17, 15) is 27.9 Å². The number of nitrogens with one attached hydrogen (secondary N) is 2. The second-order valence-electron chi connectivity index (χ2n) is 11.6. The highest BCUT2D eigenvalue weighted by Crippen LogP contribution is 2.29. The van der Waals surface area contributed by atoms with Gasteiger partial charge in [0.25, 0.3) is 11.8 Å². The van der Waals surface area contributed by atoms with Crippen LogP contribution in [0.2, 0.25) is 0 Å². The minimum atomic E-state index is -4.44. The first kappa shape index (κ1) is 33.2. The second-order valence-corrected chi connectivity index (χ2v) is 11.6. The molecule has 1 aliphatic heterocycles. The molecule has 2 heterocycles. The normalized spacial score (nSPS) is 18.6. The number of benzene rings is 2. The number of carbonyl (C=O) groups is 2. The summed E-state index contributed by atoms with van der Waals surface area (Å²) in [6.45, 7) is 7.23. The zero-order chi connectivity index (χ0) is 31.9. The third-order valence-electron chi connectivity index (χ3n) is 8.37. The molecule has 238 valence electrons. The molecule has 0 spiro atoms. The first-order valence-electron chi connectivity index (χ1n) is 15.3. The van der Waals surface area contributed by atoms with Gasteiger partial charge in [-0.3, -0.25) is 14.3 Å². The number of carbonyl (C=O) groups excluding carboxylic acids is 2. The van der Waals surface area contributed by atoms with E-state index in [0.717, 1.165) is 37.0 Å². The maximum absolute atomic E-state index is 13.6. The first-order chi connectivity index (χ1) is 21.0. The van der Waals surface area contributed by atoms with E-state index < -0.39 is 29.8 Å². The Labute approximate surface area is 256 Å². The largest absolute Gasteiger partial charge is 0.416 e. The van der Waals surface area contributed by atoms with Crippen molar-refractivity contribution < 1.29 is 27.9 Å². The molecule has 8 nitrogen and oxygen atoms in total. The molecule has 0 bridgehead atoms. The monoisotopic (exact) mass is 613 g/mol. The van der Waals surface area contributed by atoms with Crippen LogP contribution in [0.4, 0.5) is 13.2 Å². The van der Waals surface area contributed by atoms with Crippen molar-refractivity contribution in [1.29, 1.82) is 0 Å². The van der Waals surface area contributed by atoms with Gasteiger partial charge in [0.2, 0.25) is 0 Å². The molecule has 11 heteroatoms. The zero-order valence-corrected chi connectivity index (χ0v) is 25.5. The third-order valence-corrected chi connectivity index (χ3v) is 8.37. The van der Waals surface area contributed by atoms with Crippen molar-refractivity contribution in [3.05, 3.63) is 88.7 Å². The van der Waals surface area contributed by atoms with E-state index >= 15 is 0 Å². The number of nitrogens with zero attached hydrogens (tertiary/aromatic N) is 3. The number of aromatic nitrogens is 2. The molecular weight excluding hydrogens is 571 g/mol. The van der Waals surface area contributed by atoms with Gasteiger partial charge in [0.05, 0.1) is 17.7 Å². The van der Waals surface area contributed by atoms with Gasteiger partial charge >= 0.3 is 6.18 Å². The Kier molecular flexibility index (Phi) is 11.2. The SMILES string of the molecule is CCC1CCC(C)N(C(=O)c2cc(C(=O)N[C@@H](Cc3ccccc3)[C@H](O)CNCc3cccc(C(F)(F)F)c3)nn2CC)C1. The molecule has 1 aromatic heterocycles. The van der Waals surface area contributed by atoms with Crippen LogP contribution in [0.1, 0.15) is 77.7 Å². The molecule has 0 radical (unpaired) electrons. The van der Waals surface area contributed by atoms with Crippen LogP contribution in [-0.2, 0) is 25.7 Å². The number of rotatable bonds is 12. The fourth-order valence-corrected chi connectivity index (χ4v) is 5.64. The number of likely N-dealkylation sites (tertiary alicyclic amines) is 1. The molecule has 2 unspecified atom stereocenters. The lowest BCUT2D eigenvalue weighted by Gasteiger charge is -2.37. The van der Waals surface area contributed by atoms with E-state index in [4.69, 9.17) is 0 Å². The maximum atomic E-state index is 13.6. The van der Waals surface area contributed by atoms with Gasteiger partial charge in [0, 0.05) is 38.3 Å². The summed E-state index contributed by atoms with van der Waals surface area (Å²) in [5.41, 5.74) is 0.995. The Balaban J connectivity index is 1.47. The van der Waals surface area contributed by atoms with Gasteiger partial charge < -0.3 is 20.6 Å². The van der Waals surface area contributed by atoms with Crippen LogP contribution in [0.25, 0.3) is 0 Å². The smallest absolute Gasteiger partial charge is 0.390 e. The molecular formula is C33H42F3N5O3.